The zero-order chi connectivity index (χ0) is 13.0. The highest BCUT2D eigenvalue weighted by Gasteiger charge is 2.11. The van der Waals surface area contributed by atoms with E-state index in [1.54, 1.807) is 17.8 Å². The summed E-state index contributed by atoms with van der Waals surface area (Å²) in [6.45, 7) is 0. The molecule has 4 heteroatoms. The lowest BCUT2D eigenvalue weighted by Crippen LogP contribution is -2.01. The highest BCUT2D eigenvalue weighted by molar-refractivity contribution is 9.10. The van der Waals surface area contributed by atoms with Gasteiger partial charge >= 0.3 is 0 Å². The molecule has 0 aromatic heterocycles. The Morgan fingerprint density at radius 3 is 2.67 bits per heavy atom. The number of rotatable bonds is 4. The quantitative estimate of drug-likeness (QED) is 0.794. The Morgan fingerprint density at radius 1 is 1.17 bits per heavy atom. The lowest BCUT2D eigenvalue weighted by Gasteiger charge is -2.12. The van der Waals surface area contributed by atoms with Gasteiger partial charge in [-0.2, -0.15) is 0 Å². The van der Waals surface area contributed by atoms with Crippen LogP contribution in [0, 0.1) is 0 Å². The molecular formula is C14H12BrClOS. The van der Waals surface area contributed by atoms with E-state index in [2.05, 4.69) is 15.9 Å². The maximum Gasteiger partial charge on any atom is 0.0898 e. The average molecular weight is 344 g/mol. The fourth-order valence-corrected chi connectivity index (χ4v) is 3.29. The van der Waals surface area contributed by atoms with Gasteiger partial charge in [0.05, 0.1) is 6.10 Å². The van der Waals surface area contributed by atoms with Crippen LogP contribution < -0.4 is 0 Å². The van der Waals surface area contributed by atoms with E-state index in [1.165, 1.54) is 0 Å². The van der Waals surface area contributed by atoms with Gasteiger partial charge in [0.15, 0.2) is 0 Å². The molecule has 0 fully saturated rings. The van der Waals surface area contributed by atoms with Crippen molar-refractivity contribution >= 4 is 39.3 Å². The van der Waals surface area contributed by atoms with E-state index in [1.807, 2.05) is 42.5 Å². The molecule has 1 atom stereocenters. The molecule has 0 heterocycles. The fourth-order valence-electron chi connectivity index (χ4n) is 1.57. The maximum absolute atomic E-state index is 10.1. The molecule has 0 aliphatic heterocycles. The van der Waals surface area contributed by atoms with Crippen molar-refractivity contribution in [3.63, 3.8) is 0 Å². The fraction of sp³-hybridized carbons (Fsp3) is 0.143. The maximum atomic E-state index is 10.1. The van der Waals surface area contributed by atoms with Crippen LogP contribution in [0.3, 0.4) is 0 Å². The van der Waals surface area contributed by atoms with Crippen LogP contribution in [0.2, 0.25) is 5.02 Å². The third-order valence-electron chi connectivity index (χ3n) is 2.47. The second-order valence-corrected chi connectivity index (χ2v) is 6.22. The molecule has 1 unspecified atom stereocenters. The van der Waals surface area contributed by atoms with E-state index in [4.69, 9.17) is 11.6 Å². The van der Waals surface area contributed by atoms with Crippen LogP contribution in [-0.4, -0.2) is 10.9 Å². The summed E-state index contributed by atoms with van der Waals surface area (Å²) >= 11 is 11.1. The SMILES string of the molecule is OC(CSc1cccc(Br)c1)c1ccccc1Cl. The first kappa shape index (κ1) is 13.9. The predicted octanol–water partition coefficient (Wildman–Crippen LogP) is 4.93. The zero-order valence-corrected chi connectivity index (χ0v) is 12.7. The number of hydrogen-bond donors (Lipinski definition) is 1. The molecule has 1 N–H and O–H groups in total. The smallest absolute Gasteiger partial charge is 0.0898 e. The molecule has 0 radical (unpaired) electrons. The van der Waals surface area contributed by atoms with E-state index < -0.39 is 6.10 Å². The third-order valence-corrected chi connectivity index (χ3v) is 4.38. The molecule has 0 saturated carbocycles. The molecule has 0 spiro atoms. The molecule has 2 aromatic carbocycles. The summed E-state index contributed by atoms with van der Waals surface area (Å²) in [6.07, 6.45) is -0.553. The van der Waals surface area contributed by atoms with Crippen LogP contribution in [-0.2, 0) is 0 Å². The van der Waals surface area contributed by atoms with Crippen LogP contribution >= 0.6 is 39.3 Å². The van der Waals surface area contributed by atoms with Gasteiger partial charge in [0.2, 0.25) is 0 Å². The predicted molar refractivity (Wildman–Crippen MR) is 81.3 cm³/mol. The van der Waals surface area contributed by atoms with E-state index in [0.717, 1.165) is 14.9 Å². The van der Waals surface area contributed by atoms with Crippen molar-refractivity contribution < 1.29 is 5.11 Å². The molecule has 2 rings (SSSR count). The number of aliphatic hydroxyl groups excluding tert-OH is 1. The summed E-state index contributed by atoms with van der Waals surface area (Å²) in [7, 11) is 0. The van der Waals surface area contributed by atoms with Crippen molar-refractivity contribution in [1.82, 2.24) is 0 Å². The van der Waals surface area contributed by atoms with Crippen LogP contribution in [0.4, 0.5) is 0 Å². The average Bonchev–Trinajstić information content (AvgIpc) is 2.37. The second kappa shape index (κ2) is 6.62. The molecule has 0 aliphatic rings. The lowest BCUT2D eigenvalue weighted by atomic mass is 10.1. The monoisotopic (exact) mass is 342 g/mol. The second-order valence-electron chi connectivity index (χ2n) is 3.81. The summed E-state index contributed by atoms with van der Waals surface area (Å²) in [6, 6.07) is 15.4. The minimum atomic E-state index is -0.553. The summed E-state index contributed by atoms with van der Waals surface area (Å²) in [5.41, 5.74) is 0.779. The molecule has 0 bridgehead atoms. The van der Waals surface area contributed by atoms with Gasteiger partial charge in [-0.3, -0.25) is 0 Å². The molecule has 2 aromatic rings. The normalized spacial score (nSPS) is 12.4. The van der Waals surface area contributed by atoms with Gasteiger partial charge < -0.3 is 5.11 Å². The first-order valence-electron chi connectivity index (χ1n) is 5.47. The van der Waals surface area contributed by atoms with Crippen LogP contribution in [0.15, 0.2) is 57.9 Å². The first-order chi connectivity index (χ1) is 8.66. The van der Waals surface area contributed by atoms with Gasteiger partial charge in [0, 0.05) is 20.1 Å². The van der Waals surface area contributed by atoms with Crippen molar-refractivity contribution in [1.29, 1.82) is 0 Å². The zero-order valence-electron chi connectivity index (χ0n) is 9.51. The van der Waals surface area contributed by atoms with Gasteiger partial charge in [-0.15, -0.1) is 11.8 Å². The Kier molecular flexibility index (Phi) is 5.13. The highest BCUT2D eigenvalue weighted by Crippen LogP contribution is 2.29. The number of aliphatic hydroxyl groups is 1. The Balaban J connectivity index is 2.00. The standard InChI is InChI=1S/C14H12BrClOS/c15-10-4-3-5-11(8-10)18-9-14(17)12-6-1-2-7-13(12)16/h1-8,14,17H,9H2. The summed E-state index contributed by atoms with van der Waals surface area (Å²) in [5, 5.41) is 10.7. The molecular weight excluding hydrogens is 332 g/mol. The molecule has 0 amide bonds. The van der Waals surface area contributed by atoms with E-state index in [-0.39, 0.29) is 0 Å². The minimum absolute atomic E-state index is 0.553. The number of hydrogen-bond acceptors (Lipinski definition) is 2. The van der Waals surface area contributed by atoms with E-state index in [0.29, 0.717) is 10.8 Å². The first-order valence-corrected chi connectivity index (χ1v) is 7.63. The third kappa shape index (κ3) is 3.75. The van der Waals surface area contributed by atoms with Crippen molar-refractivity contribution in [3.8, 4) is 0 Å². The Morgan fingerprint density at radius 2 is 1.94 bits per heavy atom. The van der Waals surface area contributed by atoms with Gasteiger partial charge in [0.1, 0.15) is 0 Å². The van der Waals surface area contributed by atoms with Crippen LogP contribution in [0.1, 0.15) is 11.7 Å². The highest BCUT2D eigenvalue weighted by atomic mass is 79.9. The number of thioether (sulfide) groups is 1. The van der Waals surface area contributed by atoms with Crippen LogP contribution in [0.25, 0.3) is 0 Å². The van der Waals surface area contributed by atoms with Gasteiger partial charge in [-0.1, -0.05) is 51.8 Å². The van der Waals surface area contributed by atoms with Gasteiger partial charge in [-0.05, 0) is 29.8 Å². The van der Waals surface area contributed by atoms with Gasteiger partial charge in [0.25, 0.3) is 0 Å². The topological polar surface area (TPSA) is 20.2 Å². The minimum Gasteiger partial charge on any atom is -0.387 e. The molecule has 18 heavy (non-hydrogen) atoms. The van der Waals surface area contributed by atoms with Crippen molar-refractivity contribution in [2.24, 2.45) is 0 Å². The summed E-state index contributed by atoms with van der Waals surface area (Å²) < 4.78 is 1.04. The van der Waals surface area contributed by atoms with Crippen molar-refractivity contribution in [3.05, 3.63) is 63.6 Å². The largest absolute Gasteiger partial charge is 0.387 e. The van der Waals surface area contributed by atoms with Crippen LogP contribution in [0.5, 0.6) is 0 Å². The van der Waals surface area contributed by atoms with E-state index in [9.17, 15) is 5.11 Å². The van der Waals surface area contributed by atoms with Crippen molar-refractivity contribution in [2.45, 2.75) is 11.0 Å². The van der Waals surface area contributed by atoms with Gasteiger partial charge in [-0.25, -0.2) is 0 Å². The Labute approximate surface area is 124 Å². The Hall–Kier alpha value is -0.480. The summed E-state index contributed by atoms with van der Waals surface area (Å²) in [5.74, 6) is 0.584. The molecule has 0 aliphatic carbocycles. The summed E-state index contributed by atoms with van der Waals surface area (Å²) in [4.78, 5) is 1.12. The lowest BCUT2D eigenvalue weighted by molar-refractivity contribution is 0.204. The molecule has 94 valence electrons. The number of benzene rings is 2. The molecule has 1 nitrogen and oxygen atoms in total. The van der Waals surface area contributed by atoms with E-state index >= 15 is 0 Å². The molecule has 0 saturated heterocycles. The Bertz CT molecular complexity index is 533. The van der Waals surface area contributed by atoms with Crippen molar-refractivity contribution in [2.75, 3.05) is 5.75 Å². The number of halogens is 2.